The van der Waals surface area contributed by atoms with Gasteiger partial charge in [0.25, 0.3) is 0 Å². The van der Waals surface area contributed by atoms with Crippen LogP contribution in [0, 0.1) is 11.3 Å². The zero-order chi connectivity index (χ0) is 25.0. The molecule has 1 N–H and O–H groups in total. The summed E-state index contributed by atoms with van der Waals surface area (Å²) in [5.74, 6) is 0.563. The maximum atomic E-state index is 13.3. The number of nitriles is 1. The number of benzene rings is 2. The minimum atomic E-state index is -4.56. The number of carbonyl (C=O) groups excluding carboxylic acids is 1. The molecule has 2 heterocycles. The van der Waals surface area contributed by atoms with Crippen molar-refractivity contribution in [2.45, 2.75) is 32.4 Å². The van der Waals surface area contributed by atoms with Gasteiger partial charge in [0.1, 0.15) is 11.9 Å². The number of para-hydroxylation sites is 1. The highest BCUT2D eigenvalue weighted by molar-refractivity contribution is 5.90. The van der Waals surface area contributed by atoms with Gasteiger partial charge in [-0.15, -0.1) is 0 Å². The molecule has 0 unspecified atom stereocenters. The maximum Gasteiger partial charge on any atom is 0.418 e. The summed E-state index contributed by atoms with van der Waals surface area (Å²) in [7, 11) is 0. The summed E-state index contributed by atoms with van der Waals surface area (Å²) in [5, 5.41) is 13.1. The van der Waals surface area contributed by atoms with Crippen LogP contribution >= 0.6 is 0 Å². The second-order valence-corrected chi connectivity index (χ2v) is 8.55. The van der Waals surface area contributed by atoms with Gasteiger partial charge in [-0.25, -0.2) is 9.78 Å². The molecular weight excluding hydrogens is 455 g/mol. The molecule has 0 radical (unpaired) electrons. The van der Waals surface area contributed by atoms with E-state index in [1.54, 1.807) is 0 Å². The maximum absolute atomic E-state index is 13.3. The molecule has 0 atom stereocenters. The molecule has 9 heteroatoms. The topological polar surface area (TPSA) is 72.3 Å². The Kier molecular flexibility index (Phi) is 7.10. The molecule has 3 aromatic rings. The van der Waals surface area contributed by atoms with Gasteiger partial charge in [-0.2, -0.15) is 18.4 Å². The van der Waals surface area contributed by atoms with Crippen molar-refractivity contribution in [3.63, 3.8) is 0 Å². The number of alkyl halides is 3. The Labute approximate surface area is 202 Å². The van der Waals surface area contributed by atoms with Gasteiger partial charge >= 0.3 is 12.2 Å². The van der Waals surface area contributed by atoms with E-state index in [1.807, 2.05) is 23.1 Å². The number of urea groups is 1. The van der Waals surface area contributed by atoms with Gasteiger partial charge in [0.05, 0.1) is 22.3 Å². The number of hydrogen-bond donors (Lipinski definition) is 1. The van der Waals surface area contributed by atoms with Crippen LogP contribution < -0.4 is 10.2 Å². The minimum Gasteiger partial charge on any atom is -0.354 e. The lowest BCUT2D eigenvalue weighted by atomic mass is 10.1. The number of pyridine rings is 1. The Morgan fingerprint density at radius 2 is 1.91 bits per heavy atom. The number of hydrogen-bond acceptors (Lipinski definition) is 4. The largest absolute Gasteiger partial charge is 0.418 e. The molecule has 2 amide bonds. The van der Waals surface area contributed by atoms with E-state index in [4.69, 9.17) is 4.98 Å². The molecule has 1 aliphatic rings. The zero-order valence-corrected chi connectivity index (χ0v) is 19.4. The van der Waals surface area contributed by atoms with E-state index in [0.29, 0.717) is 44.0 Å². The second-order valence-electron chi connectivity index (χ2n) is 8.55. The number of halogens is 3. The number of aromatic nitrogens is 1. The monoisotopic (exact) mass is 481 g/mol. The number of rotatable bonds is 4. The predicted octanol–water partition coefficient (Wildman–Crippen LogP) is 5.82. The van der Waals surface area contributed by atoms with Gasteiger partial charge in [-0.1, -0.05) is 31.5 Å². The lowest BCUT2D eigenvalue weighted by Crippen LogP contribution is -2.38. The molecule has 1 saturated heterocycles. The van der Waals surface area contributed by atoms with Gasteiger partial charge in [0.2, 0.25) is 0 Å². The molecule has 182 valence electrons. The summed E-state index contributed by atoms with van der Waals surface area (Å²) >= 11 is 0. The third-order valence-electron chi connectivity index (χ3n) is 6.07. The minimum absolute atomic E-state index is 0.267. The van der Waals surface area contributed by atoms with Crippen molar-refractivity contribution in [3.05, 3.63) is 65.2 Å². The van der Waals surface area contributed by atoms with Crippen LogP contribution in [0.1, 0.15) is 36.5 Å². The van der Waals surface area contributed by atoms with E-state index in [9.17, 15) is 23.2 Å². The lowest BCUT2D eigenvalue weighted by molar-refractivity contribution is -0.136. The predicted molar refractivity (Wildman–Crippen MR) is 129 cm³/mol. The van der Waals surface area contributed by atoms with Crippen molar-refractivity contribution < 1.29 is 18.0 Å². The average Bonchev–Trinajstić information content (AvgIpc) is 3.09. The molecule has 1 aliphatic heterocycles. The molecule has 35 heavy (non-hydrogen) atoms. The van der Waals surface area contributed by atoms with Crippen molar-refractivity contribution in [1.82, 2.24) is 9.88 Å². The Hall–Kier alpha value is -3.80. The molecule has 1 fully saturated rings. The summed E-state index contributed by atoms with van der Waals surface area (Å²) in [6.45, 7) is 3.77. The van der Waals surface area contributed by atoms with Crippen LogP contribution in [0.2, 0.25) is 0 Å². The summed E-state index contributed by atoms with van der Waals surface area (Å²) in [5.41, 5.74) is 1.30. The summed E-state index contributed by atoms with van der Waals surface area (Å²) < 4.78 is 39.8. The molecule has 2 aromatic carbocycles. The van der Waals surface area contributed by atoms with E-state index < -0.39 is 17.8 Å². The second kappa shape index (κ2) is 10.2. The summed E-state index contributed by atoms with van der Waals surface area (Å²) in [6, 6.07) is 14.5. The van der Waals surface area contributed by atoms with E-state index in [1.165, 1.54) is 28.7 Å². The first-order valence-corrected chi connectivity index (χ1v) is 11.6. The van der Waals surface area contributed by atoms with Crippen molar-refractivity contribution in [2.75, 3.05) is 36.4 Å². The van der Waals surface area contributed by atoms with Crippen LogP contribution in [0.3, 0.4) is 0 Å². The number of fused-ring (bicyclic) bond motifs is 1. The summed E-state index contributed by atoms with van der Waals surface area (Å²) in [4.78, 5) is 21.0. The molecule has 0 bridgehead atoms. The molecule has 0 saturated carbocycles. The van der Waals surface area contributed by atoms with E-state index in [2.05, 4.69) is 24.4 Å². The van der Waals surface area contributed by atoms with E-state index >= 15 is 0 Å². The van der Waals surface area contributed by atoms with Crippen LogP contribution in [-0.4, -0.2) is 42.1 Å². The molecule has 0 spiro atoms. The molecule has 6 nitrogen and oxygen atoms in total. The van der Waals surface area contributed by atoms with Crippen molar-refractivity contribution in [1.29, 1.82) is 5.26 Å². The third kappa shape index (κ3) is 5.48. The SMILES string of the molecule is CCCc1ccc2nc(N3CCCN(C(=O)Nc4ccccc4C(F)(F)F)CC3)c(C#N)cc2c1. The fraction of sp³-hybridized carbons (Fsp3) is 0.346. The van der Waals surface area contributed by atoms with Crippen molar-refractivity contribution >= 4 is 28.4 Å². The van der Waals surface area contributed by atoms with Crippen LogP contribution in [0.25, 0.3) is 10.9 Å². The normalized spacial score (nSPS) is 14.5. The smallest absolute Gasteiger partial charge is 0.354 e. The number of aryl methyl sites for hydroxylation is 1. The Balaban J connectivity index is 1.51. The fourth-order valence-corrected chi connectivity index (χ4v) is 4.35. The Morgan fingerprint density at radius 1 is 1.11 bits per heavy atom. The highest BCUT2D eigenvalue weighted by Gasteiger charge is 2.34. The standard InChI is InChI=1S/C26H26F3N5O/c1-2-6-18-9-10-22-19(15-18)16-20(17-30)24(31-22)33-11-5-12-34(14-13-33)25(35)32-23-8-4-3-7-21(23)26(27,28)29/h3-4,7-10,15-16H,2,5-6,11-14H2,1H3,(H,32,35). The van der Waals surface area contributed by atoms with Crippen molar-refractivity contribution in [3.8, 4) is 6.07 Å². The zero-order valence-electron chi connectivity index (χ0n) is 19.4. The number of anilines is 2. The highest BCUT2D eigenvalue weighted by atomic mass is 19.4. The first-order chi connectivity index (χ1) is 16.8. The summed E-state index contributed by atoms with van der Waals surface area (Å²) in [6.07, 6.45) is -1.99. The van der Waals surface area contributed by atoms with Crippen molar-refractivity contribution in [2.24, 2.45) is 0 Å². The molecular formula is C26H26F3N5O. The van der Waals surface area contributed by atoms with Gasteiger partial charge in [0, 0.05) is 31.6 Å². The third-order valence-corrected chi connectivity index (χ3v) is 6.07. The number of carbonyl (C=O) groups is 1. The molecule has 4 rings (SSSR count). The Bertz CT molecular complexity index is 1270. The van der Waals surface area contributed by atoms with Crippen LogP contribution in [-0.2, 0) is 12.6 Å². The first-order valence-electron chi connectivity index (χ1n) is 11.6. The van der Waals surface area contributed by atoms with E-state index in [0.717, 1.165) is 29.8 Å². The number of nitrogens with zero attached hydrogens (tertiary/aromatic N) is 4. The van der Waals surface area contributed by atoms with E-state index in [-0.39, 0.29) is 5.69 Å². The quantitative estimate of drug-likeness (QED) is 0.510. The van der Waals surface area contributed by atoms with Gasteiger partial charge in [0.15, 0.2) is 0 Å². The van der Waals surface area contributed by atoms with Gasteiger partial charge in [-0.3, -0.25) is 0 Å². The van der Waals surface area contributed by atoms with Gasteiger partial charge in [-0.05, 0) is 48.7 Å². The lowest BCUT2D eigenvalue weighted by Gasteiger charge is -2.24. The van der Waals surface area contributed by atoms with Crippen LogP contribution in [0.5, 0.6) is 0 Å². The number of amides is 2. The fourth-order valence-electron chi connectivity index (χ4n) is 4.35. The Morgan fingerprint density at radius 3 is 2.66 bits per heavy atom. The van der Waals surface area contributed by atoms with Crippen LogP contribution in [0.15, 0.2) is 48.5 Å². The van der Waals surface area contributed by atoms with Crippen LogP contribution in [0.4, 0.5) is 29.5 Å². The highest BCUT2D eigenvalue weighted by Crippen LogP contribution is 2.34. The molecule has 0 aliphatic carbocycles. The molecule has 1 aromatic heterocycles. The first kappa shape index (κ1) is 24.3. The average molecular weight is 482 g/mol. The van der Waals surface area contributed by atoms with Gasteiger partial charge < -0.3 is 15.1 Å². The number of nitrogens with one attached hydrogen (secondary N) is 1.